The van der Waals surface area contributed by atoms with Crippen LogP contribution in [0.15, 0.2) is 84.9 Å². The Bertz CT molecular complexity index is 955. The van der Waals surface area contributed by atoms with Crippen LogP contribution in [-0.2, 0) is 4.74 Å². The topological polar surface area (TPSA) is 15.7 Å². The van der Waals surface area contributed by atoms with E-state index in [1.807, 2.05) is 30.3 Å². The molecule has 1 heterocycles. The van der Waals surface area contributed by atoms with E-state index in [4.69, 9.17) is 16.3 Å². The van der Waals surface area contributed by atoms with E-state index in [-0.39, 0.29) is 11.9 Å². The van der Waals surface area contributed by atoms with Gasteiger partial charge >= 0.3 is 0 Å². The summed E-state index contributed by atoms with van der Waals surface area (Å²) in [6.45, 7) is 6.63. The summed E-state index contributed by atoms with van der Waals surface area (Å²) in [4.78, 5) is 4.92. The van der Waals surface area contributed by atoms with Crippen LogP contribution in [0, 0.1) is 5.82 Å². The van der Waals surface area contributed by atoms with Gasteiger partial charge in [0.05, 0.1) is 6.61 Å². The van der Waals surface area contributed by atoms with E-state index in [1.165, 1.54) is 17.7 Å². The maximum absolute atomic E-state index is 13.4. The molecule has 0 aliphatic carbocycles. The molecule has 1 aliphatic rings. The Balaban J connectivity index is 1.25. The molecule has 0 aromatic heterocycles. The standard InChI is InChI=1S/C28H30ClFN2O/c29-26-12-8-24(9-13-26)28(25-10-14-27(30)15-11-25)33-22-21-32-19-17-31(18-20-32)16-4-7-23-5-2-1-3-6-23/h1-15,28H,16-22H2/b7-4+. The van der Waals surface area contributed by atoms with Crippen molar-refractivity contribution in [1.82, 2.24) is 9.80 Å². The van der Waals surface area contributed by atoms with Crippen molar-refractivity contribution < 1.29 is 9.13 Å². The van der Waals surface area contributed by atoms with Crippen molar-refractivity contribution in [3.63, 3.8) is 0 Å². The summed E-state index contributed by atoms with van der Waals surface area (Å²) in [6.07, 6.45) is 4.19. The Kier molecular flexibility index (Phi) is 8.67. The number of rotatable bonds is 9. The minimum Gasteiger partial charge on any atom is -0.367 e. The number of benzene rings is 3. The summed E-state index contributed by atoms with van der Waals surface area (Å²) < 4.78 is 19.7. The van der Waals surface area contributed by atoms with Crippen molar-refractivity contribution in [3.05, 3.63) is 112 Å². The smallest absolute Gasteiger partial charge is 0.123 e. The molecule has 1 aliphatic heterocycles. The molecule has 3 aromatic carbocycles. The number of hydrogen-bond acceptors (Lipinski definition) is 3. The molecule has 1 fully saturated rings. The average molecular weight is 465 g/mol. The lowest BCUT2D eigenvalue weighted by Gasteiger charge is -2.34. The highest BCUT2D eigenvalue weighted by atomic mass is 35.5. The first-order chi connectivity index (χ1) is 16.2. The van der Waals surface area contributed by atoms with Crippen molar-refractivity contribution in [2.24, 2.45) is 0 Å². The minimum absolute atomic E-state index is 0.243. The highest BCUT2D eigenvalue weighted by molar-refractivity contribution is 6.30. The van der Waals surface area contributed by atoms with Gasteiger partial charge in [0.25, 0.3) is 0 Å². The third kappa shape index (κ3) is 7.24. The fourth-order valence-corrected chi connectivity index (χ4v) is 4.18. The summed E-state index contributed by atoms with van der Waals surface area (Å²) in [7, 11) is 0. The van der Waals surface area contributed by atoms with Crippen LogP contribution in [0.1, 0.15) is 22.8 Å². The second-order valence-corrected chi connectivity index (χ2v) is 8.75. The summed E-state index contributed by atoms with van der Waals surface area (Å²) in [5.74, 6) is -0.245. The molecule has 0 spiro atoms. The van der Waals surface area contributed by atoms with Crippen LogP contribution >= 0.6 is 11.6 Å². The van der Waals surface area contributed by atoms with Crippen molar-refractivity contribution in [3.8, 4) is 0 Å². The Hall–Kier alpha value is -2.50. The Morgan fingerprint density at radius 3 is 2.09 bits per heavy atom. The predicted molar refractivity (Wildman–Crippen MR) is 134 cm³/mol. The van der Waals surface area contributed by atoms with Crippen molar-refractivity contribution in [2.45, 2.75) is 6.10 Å². The minimum atomic E-state index is -0.245. The Labute approximate surface area is 201 Å². The molecule has 3 aromatic rings. The largest absolute Gasteiger partial charge is 0.367 e. The zero-order valence-corrected chi connectivity index (χ0v) is 19.5. The van der Waals surface area contributed by atoms with Gasteiger partial charge in [-0.2, -0.15) is 0 Å². The third-order valence-corrected chi connectivity index (χ3v) is 6.23. The summed E-state index contributed by atoms with van der Waals surface area (Å²) in [5.41, 5.74) is 3.19. The summed E-state index contributed by atoms with van der Waals surface area (Å²) in [6, 6.07) is 24.6. The second-order valence-electron chi connectivity index (χ2n) is 8.31. The molecule has 1 unspecified atom stereocenters. The number of halogens is 2. The van der Waals surface area contributed by atoms with Gasteiger partial charge in [-0.05, 0) is 41.0 Å². The van der Waals surface area contributed by atoms with Crippen molar-refractivity contribution in [2.75, 3.05) is 45.9 Å². The first-order valence-electron chi connectivity index (χ1n) is 11.5. The van der Waals surface area contributed by atoms with Gasteiger partial charge in [-0.15, -0.1) is 0 Å². The molecule has 3 nitrogen and oxygen atoms in total. The lowest BCUT2D eigenvalue weighted by atomic mass is 10.0. The summed E-state index contributed by atoms with van der Waals surface area (Å²) >= 11 is 6.06. The Morgan fingerprint density at radius 1 is 0.818 bits per heavy atom. The lowest BCUT2D eigenvalue weighted by molar-refractivity contribution is 0.0467. The number of hydrogen-bond donors (Lipinski definition) is 0. The van der Waals surface area contributed by atoms with Crippen LogP contribution in [0.5, 0.6) is 0 Å². The van der Waals surface area contributed by atoms with E-state index in [1.54, 1.807) is 12.1 Å². The van der Waals surface area contributed by atoms with Crippen LogP contribution in [-0.4, -0.2) is 55.7 Å². The molecular weight excluding hydrogens is 435 g/mol. The number of piperazine rings is 1. The summed E-state index contributed by atoms with van der Waals surface area (Å²) in [5, 5.41) is 0.688. The monoisotopic (exact) mass is 464 g/mol. The van der Waals surface area contributed by atoms with E-state index in [0.717, 1.165) is 50.4 Å². The van der Waals surface area contributed by atoms with Gasteiger partial charge in [0.15, 0.2) is 0 Å². The quantitative estimate of drug-likeness (QED) is 0.391. The zero-order chi connectivity index (χ0) is 22.9. The molecule has 5 heteroatoms. The molecule has 0 amide bonds. The number of nitrogens with zero attached hydrogens (tertiary/aromatic N) is 2. The molecule has 0 N–H and O–H groups in total. The maximum atomic E-state index is 13.4. The van der Waals surface area contributed by atoms with E-state index in [0.29, 0.717) is 11.6 Å². The van der Waals surface area contributed by atoms with E-state index >= 15 is 0 Å². The van der Waals surface area contributed by atoms with Gasteiger partial charge in [0, 0.05) is 44.3 Å². The first kappa shape index (κ1) is 23.7. The van der Waals surface area contributed by atoms with Crippen LogP contribution in [0.2, 0.25) is 5.02 Å². The van der Waals surface area contributed by atoms with Gasteiger partial charge in [-0.1, -0.05) is 78.4 Å². The lowest BCUT2D eigenvalue weighted by Crippen LogP contribution is -2.47. The van der Waals surface area contributed by atoms with Gasteiger partial charge < -0.3 is 4.74 Å². The third-order valence-electron chi connectivity index (χ3n) is 5.98. The van der Waals surface area contributed by atoms with Crippen LogP contribution in [0.4, 0.5) is 4.39 Å². The first-order valence-corrected chi connectivity index (χ1v) is 11.8. The normalized spacial score (nSPS) is 16.3. The zero-order valence-electron chi connectivity index (χ0n) is 18.7. The van der Waals surface area contributed by atoms with Crippen LogP contribution in [0.25, 0.3) is 6.08 Å². The molecule has 0 bridgehead atoms. The molecule has 1 saturated heterocycles. The van der Waals surface area contributed by atoms with E-state index in [9.17, 15) is 4.39 Å². The average Bonchev–Trinajstić information content (AvgIpc) is 2.85. The van der Waals surface area contributed by atoms with Crippen molar-refractivity contribution in [1.29, 1.82) is 0 Å². The highest BCUT2D eigenvalue weighted by Gasteiger charge is 2.18. The second kappa shape index (κ2) is 12.1. The molecular formula is C28H30ClFN2O. The van der Waals surface area contributed by atoms with Crippen LogP contribution in [0.3, 0.4) is 0 Å². The van der Waals surface area contributed by atoms with Gasteiger partial charge in [0.2, 0.25) is 0 Å². The van der Waals surface area contributed by atoms with Crippen LogP contribution < -0.4 is 0 Å². The van der Waals surface area contributed by atoms with Gasteiger partial charge in [0.1, 0.15) is 11.9 Å². The Morgan fingerprint density at radius 2 is 1.42 bits per heavy atom. The molecule has 0 saturated carbocycles. The molecule has 4 rings (SSSR count). The number of ether oxygens (including phenoxy) is 1. The van der Waals surface area contributed by atoms with E-state index < -0.39 is 0 Å². The molecule has 0 radical (unpaired) electrons. The van der Waals surface area contributed by atoms with Crippen molar-refractivity contribution >= 4 is 17.7 Å². The molecule has 1 atom stereocenters. The predicted octanol–water partition coefficient (Wildman–Crippen LogP) is 5.92. The van der Waals surface area contributed by atoms with Gasteiger partial charge in [-0.25, -0.2) is 4.39 Å². The SMILES string of the molecule is Fc1ccc(C(OCCN2CCN(C/C=C/c3ccccc3)CC2)c2ccc(Cl)cc2)cc1. The van der Waals surface area contributed by atoms with Gasteiger partial charge in [-0.3, -0.25) is 9.80 Å². The highest BCUT2D eigenvalue weighted by Crippen LogP contribution is 2.27. The molecule has 33 heavy (non-hydrogen) atoms. The fourth-order valence-electron chi connectivity index (χ4n) is 4.06. The van der Waals surface area contributed by atoms with E-state index in [2.05, 4.69) is 46.2 Å². The maximum Gasteiger partial charge on any atom is 0.123 e. The fraction of sp³-hybridized carbons (Fsp3) is 0.286. The molecule has 172 valence electrons.